The van der Waals surface area contributed by atoms with E-state index in [1.54, 1.807) is 0 Å². The van der Waals surface area contributed by atoms with Crippen molar-refractivity contribution in [2.75, 3.05) is 0 Å². The van der Waals surface area contributed by atoms with Crippen molar-refractivity contribution in [3.63, 3.8) is 0 Å². The van der Waals surface area contributed by atoms with Gasteiger partial charge in [0.25, 0.3) is 0 Å². The van der Waals surface area contributed by atoms with E-state index in [1.165, 1.54) is 29.7 Å². The van der Waals surface area contributed by atoms with E-state index < -0.39 is 11.7 Å². The van der Waals surface area contributed by atoms with Gasteiger partial charge in [0.05, 0.1) is 16.1 Å². The zero-order valence-electron chi connectivity index (χ0n) is 16.3. The van der Waals surface area contributed by atoms with Gasteiger partial charge in [0.1, 0.15) is 16.9 Å². The van der Waals surface area contributed by atoms with Crippen molar-refractivity contribution in [2.24, 2.45) is 0 Å². The number of alkyl halides is 3. The second kappa shape index (κ2) is 8.37. The Kier molecular flexibility index (Phi) is 6.07. The Morgan fingerprint density at radius 1 is 1.14 bits per heavy atom. The minimum Gasteiger partial charge on any atom is -0.485 e. The maximum absolute atomic E-state index is 12.8. The van der Waals surface area contributed by atoms with Gasteiger partial charge < -0.3 is 10.1 Å². The number of nitrogens with one attached hydrogen (secondary N) is 1. The average molecular weight is 418 g/mol. The fraction of sp³-hybridized carbons (Fsp3) is 0.273. The number of thiazole rings is 1. The first-order valence-electron chi connectivity index (χ1n) is 9.15. The van der Waals surface area contributed by atoms with Crippen LogP contribution >= 0.6 is 11.3 Å². The lowest BCUT2D eigenvalue weighted by Gasteiger charge is -2.17. The summed E-state index contributed by atoms with van der Waals surface area (Å²) in [6.45, 7) is 5.82. The minimum atomic E-state index is -4.35. The number of nitrogens with zero attached hydrogens (tertiary/aromatic N) is 1. The molecule has 0 radical (unpaired) electrons. The van der Waals surface area contributed by atoms with Gasteiger partial charge in [0.2, 0.25) is 0 Å². The summed E-state index contributed by atoms with van der Waals surface area (Å²) < 4.78 is 44.5. The molecule has 29 heavy (non-hydrogen) atoms. The molecule has 1 unspecified atom stereocenters. The van der Waals surface area contributed by atoms with E-state index in [9.17, 15) is 13.2 Å². The van der Waals surface area contributed by atoms with Crippen molar-refractivity contribution in [1.82, 2.24) is 4.98 Å². The summed E-state index contributed by atoms with van der Waals surface area (Å²) in [5, 5.41) is 8.06. The lowest BCUT2D eigenvalue weighted by Crippen LogP contribution is -2.06. The first-order chi connectivity index (χ1) is 13.7. The monoisotopic (exact) mass is 418 g/mol. The van der Waals surface area contributed by atoms with Gasteiger partial charge in [-0.25, -0.2) is 4.98 Å². The Balaban J connectivity index is 1.86. The topological polar surface area (TPSA) is 46.0 Å². The summed E-state index contributed by atoms with van der Waals surface area (Å²) in [5.41, 5.74) is 2.58. The van der Waals surface area contributed by atoms with Crippen LogP contribution in [0, 0.1) is 19.3 Å². The van der Waals surface area contributed by atoms with Crippen LogP contribution in [0.2, 0.25) is 0 Å². The van der Waals surface area contributed by atoms with E-state index in [0.29, 0.717) is 16.3 Å². The summed E-state index contributed by atoms with van der Waals surface area (Å²) in [6, 6.07) is 10.6. The Morgan fingerprint density at radius 2 is 1.83 bits per heavy atom. The van der Waals surface area contributed by atoms with Gasteiger partial charge >= 0.3 is 6.18 Å². The smallest absolute Gasteiger partial charge is 0.416 e. The fourth-order valence-corrected chi connectivity index (χ4v) is 4.19. The van der Waals surface area contributed by atoms with E-state index >= 15 is 0 Å². The van der Waals surface area contributed by atoms with E-state index in [0.717, 1.165) is 40.3 Å². The molecule has 0 fully saturated rings. The van der Waals surface area contributed by atoms with Crippen LogP contribution < -0.4 is 4.74 Å². The fourth-order valence-electron chi connectivity index (χ4n) is 3.00. The normalized spacial score (nSPS) is 12.6. The summed E-state index contributed by atoms with van der Waals surface area (Å²) in [7, 11) is 0. The molecule has 0 bridgehead atoms. The van der Waals surface area contributed by atoms with Crippen molar-refractivity contribution in [3.05, 3.63) is 69.7 Å². The van der Waals surface area contributed by atoms with E-state index in [1.807, 2.05) is 39.0 Å². The molecule has 0 aliphatic heterocycles. The molecule has 0 spiro atoms. The highest BCUT2D eigenvalue weighted by Crippen LogP contribution is 2.37. The predicted molar refractivity (Wildman–Crippen MR) is 110 cm³/mol. The van der Waals surface area contributed by atoms with Crippen LogP contribution in [0.15, 0.2) is 42.5 Å². The van der Waals surface area contributed by atoms with Gasteiger partial charge in [-0.3, -0.25) is 0 Å². The standard InChI is InChI=1S/C22H21F3N2OS/c1-4-19(28-18-10-7-16(12-26)13(2)11-18)20-14(3)27-21(29-20)15-5-8-17(9-6-15)22(23,24)25/h5-12,19,26H,4H2,1-3H3. The molecule has 152 valence electrons. The summed E-state index contributed by atoms with van der Waals surface area (Å²) in [6.07, 6.45) is -2.53. The number of hydrogen-bond acceptors (Lipinski definition) is 4. The van der Waals surface area contributed by atoms with Crippen LogP contribution in [-0.4, -0.2) is 11.2 Å². The molecule has 1 N–H and O–H groups in total. The molecule has 3 nitrogen and oxygen atoms in total. The summed E-state index contributed by atoms with van der Waals surface area (Å²) in [4.78, 5) is 5.51. The molecule has 2 aromatic carbocycles. The van der Waals surface area contributed by atoms with Crippen LogP contribution in [0.3, 0.4) is 0 Å². The highest BCUT2D eigenvalue weighted by Gasteiger charge is 2.30. The molecule has 3 aromatic rings. The first-order valence-corrected chi connectivity index (χ1v) is 9.97. The Labute approximate surface area is 171 Å². The van der Waals surface area contributed by atoms with Crippen LogP contribution in [0.4, 0.5) is 13.2 Å². The van der Waals surface area contributed by atoms with E-state index in [-0.39, 0.29) is 6.10 Å². The third-order valence-electron chi connectivity index (χ3n) is 4.63. The lowest BCUT2D eigenvalue weighted by molar-refractivity contribution is -0.137. The zero-order valence-corrected chi connectivity index (χ0v) is 17.1. The maximum atomic E-state index is 12.8. The molecule has 0 amide bonds. The highest BCUT2D eigenvalue weighted by atomic mass is 32.1. The number of hydrogen-bond donors (Lipinski definition) is 1. The predicted octanol–water partition coefficient (Wildman–Crippen LogP) is 6.97. The van der Waals surface area contributed by atoms with E-state index in [2.05, 4.69) is 4.98 Å². The van der Waals surface area contributed by atoms with Gasteiger partial charge in [0, 0.05) is 11.8 Å². The van der Waals surface area contributed by atoms with Gasteiger partial charge in [-0.05, 0) is 61.7 Å². The number of aromatic nitrogens is 1. The van der Waals surface area contributed by atoms with Gasteiger partial charge in [0.15, 0.2) is 0 Å². The maximum Gasteiger partial charge on any atom is 0.416 e. The average Bonchev–Trinajstić information content (AvgIpc) is 3.07. The third-order valence-corrected chi connectivity index (χ3v) is 5.93. The summed E-state index contributed by atoms with van der Waals surface area (Å²) >= 11 is 1.44. The number of ether oxygens (including phenoxy) is 1. The second-order valence-electron chi connectivity index (χ2n) is 6.72. The van der Waals surface area contributed by atoms with Crippen molar-refractivity contribution in [1.29, 1.82) is 5.41 Å². The third kappa shape index (κ3) is 4.67. The van der Waals surface area contributed by atoms with Crippen LogP contribution in [-0.2, 0) is 6.18 Å². The Hall–Kier alpha value is -2.67. The van der Waals surface area contributed by atoms with Crippen molar-refractivity contribution in [3.8, 4) is 16.3 Å². The molecular weight excluding hydrogens is 397 g/mol. The molecule has 1 aromatic heterocycles. The van der Waals surface area contributed by atoms with Crippen molar-refractivity contribution >= 4 is 17.6 Å². The Morgan fingerprint density at radius 3 is 2.38 bits per heavy atom. The number of halogens is 3. The lowest BCUT2D eigenvalue weighted by atomic mass is 10.1. The molecule has 1 heterocycles. The molecule has 0 saturated heterocycles. The molecule has 7 heteroatoms. The highest BCUT2D eigenvalue weighted by molar-refractivity contribution is 7.15. The SMILES string of the molecule is CCC(Oc1ccc(C=N)c(C)c1)c1sc(-c2ccc(C(F)(F)F)cc2)nc1C. The number of aryl methyl sites for hydroxylation is 2. The van der Waals surface area contributed by atoms with Gasteiger partial charge in [-0.2, -0.15) is 13.2 Å². The molecule has 3 rings (SSSR count). The van der Waals surface area contributed by atoms with E-state index in [4.69, 9.17) is 10.1 Å². The molecular formula is C22H21F3N2OS. The van der Waals surface area contributed by atoms with Crippen LogP contribution in [0.25, 0.3) is 10.6 Å². The minimum absolute atomic E-state index is 0.207. The molecule has 1 atom stereocenters. The zero-order chi connectivity index (χ0) is 21.2. The first kappa shape index (κ1) is 21.0. The molecule has 0 saturated carbocycles. The largest absolute Gasteiger partial charge is 0.485 e. The van der Waals surface area contributed by atoms with Crippen molar-refractivity contribution < 1.29 is 17.9 Å². The van der Waals surface area contributed by atoms with Crippen molar-refractivity contribution in [2.45, 2.75) is 39.5 Å². The number of rotatable bonds is 6. The number of benzene rings is 2. The molecule has 0 aliphatic carbocycles. The summed E-state index contributed by atoms with van der Waals surface area (Å²) in [5.74, 6) is 0.712. The van der Waals surface area contributed by atoms with Gasteiger partial charge in [-0.15, -0.1) is 11.3 Å². The van der Waals surface area contributed by atoms with Crippen LogP contribution in [0.5, 0.6) is 5.75 Å². The Bertz CT molecular complexity index is 1010. The molecule has 0 aliphatic rings. The second-order valence-corrected chi connectivity index (χ2v) is 7.75. The van der Waals surface area contributed by atoms with Crippen LogP contribution in [0.1, 0.15) is 46.7 Å². The van der Waals surface area contributed by atoms with Gasteiger partial charge in [-0.1, -0.05) is 19.1 Å². The quantitative estimate of drug-likeness (QED) is 0.439.